The van der Waals surface area contributed by atoms with Crippen molar-refractivity contribution in [1.29, 1.82) is 0 Å². The molecule has 2 N–H and O–H groups in total. The highest BCUT2D eigenvalue weighted by molar-refractivity contribution is 6.42. The van der Waals surface area contributed by atoms with Gasteiger partial charge in [0, 0.05) is 19.3 Å². The molecule has 0 radical (unpaired) electrons. The smallest absolute Gasteiger partial charge is 0.292 e. The van der Waals surface area contributed by atoms with E-state index in [2.05, 4.69) is 10.4 Å². The topological polar surface area (TPSA) is 84.2 Å². The number of hydrogen-bond acceptors (Lipinski definition) is 4. The van der Waals surface area contributed by atoms with E-state index in [-0.39, 0.29) is 18.1 Å². The van der Waals surface area contributed by atoms with Gasteiger partial charge in [-0.1, -0.05) is 25.1 Å². The van der Waals surface area contributed by atoms with E-state index < -0.39 is 11.7 Å². The summed E-state index contributed by atoms with van der Waals surface area (Å²) < 4.78 is 1.55. The van der Waals surface area contributed by atoms with Gasteiger partial charge < -0.3 is 10.4 Å². The van der Waals surface area contributed by atoms with Crippen LogP contribution in [0.1, 0.15) is 23.7 Å². The van der Waals surface area contributed by atoms with E-state index in [0.29, 0.717) is 13.0 Å². The number of amides is 1. The van der Waals surface area contributed by atoms with Crippen molar-refractivity contribution in [3.8, 4) is 5.69 Å². The molecule has 1 unspecified atom stereocenters. The first-order valence-corrected chi connectivity index (χ1v) is 7.15. The van der Waals surface area contributed by atoms with Crippen LogP contribution in [0.25, 0.3) is 5.69 Å². The number of nitrogens with one attached hydrogen (secondary N) is 1. The number of para-hydroxylation sites is 1. The number of aliphatic hydroxyl groups excluding tert-OH is 1. The van der Waals surface area contributed by atoms with E-state index in [9.17, 15) is 9.59 Å². The van der Waals surface area contributed by atoms with Crippen molar-refractivity contribution in [3.05, 3.63) is 48.3 Å². The third kappa shape index (κ3) is 4.02. The maximum absolute atomic E-state index is 12.0. The molecule has 0 fully saturated rings. The van der Waals surface area contributed by atoms with Crippen LogP contribution >= 0.6 is 0 Å². The Morgan fingerprint density at radius 3 is 2.73 bits per heavy atom. The lowest BCUT2D eigenvalue weighted by Gasteiger charge is -2.09. The van der Waals surface area contributed by atoms with E-state index in [4.69, 9.17) is 5.11 Å². The van der Waals surface area contributed by atoms with Gasteiger partial charge in [-0.2, -0.15) is 5.10 Å². The molecule has 0 aliphatic heterocycles. The van der Waals surface area contributed by atoms with Crippen molar-refractivity contribution in [3.63, 3.8) is 0 Å². The number of carbonyl (C=O) groups is 2. The van der Waals surface area contributed by atoms with Gasteiger partial charge in [0.25, 0.3) is 11.7 Å². The lowest BCUT2D eigenvalue weighted by atomic mass is 10.1. The molecule has 0 aliphatic carbocycles. The number of ketones is 1. The van der Waals surface area contributed by atoms with Crippen LogP contribution in [0.3, 0.4) is 0 Å². The predicted octanol–water partition coefficient (Wildman–Crippen LogP) is 1.19. The Kier molecular flexibility index (Phi) is 5.43. The lowest BCUT2D eigenvalue weighted by molar-refractivity contribution is -0.117. The minimum absolute atomic E-state index is 0.0643. The van der Waals surface area contributed by atoms with E-state index in [1.807, 2.05) is 37.3 Å². The monoisotopic (exact) mass is 301 g/mol. The number of carbonyl (C=O) groups excluding carboxylic acids is 2. The van der Waals surface area contributed by atoms with Crippen LogP contribution in [-0.4, -0.2) is 39.7 Å². The molecule has 22 heavy (non-hydrogen) atoms. The van der Waals surface area contributed by atoms with Gasteiger partial charge in [-0.3, -0.25) is 9.59 Å². The average Bonchev–Trinajstić information content (AvgIpc) is 3.03. The summed E-state index contributed by atoms with van der Waals surface area (Å²) in [6, 6.07) is 9.34. The fourth-order valence-corrected chi connectivity index (χ4v) is 1.96. The maximum atomic E-state index is 12.0. The average molecular weight is 301 g/mol. The van der Waals surface area contributed by atoms with Crippen molar-refractivity contribution < 1.29 is 14.7 Å². The van der Waals surface area contributed by atoms with Crippen LogP contribution in [0.4, 0.5) is 0 Å². The van der Waals surface area contributed by atoms with Gasteiger partial charge in [0.05, 0.1) is 17.4 Å². The third-order valence-electron chi connectivity index (χ3n) is 3.30. The summed E-state index contributed by atoms with van der Waals surface area (Å²) in [4.78, 5) is 23.9. The number of hydrogen-bond donors (Lipinski definition) is 2. The second-order valence-electron chi connectivity index (χ2n) is 5.17. The number of aliphatic hydroxyl groups is 1. The molecule has 1 aromatic heterocycles. The number of Topliss-reactive ketones (excluding diaryl/α,β-unsaturated/α-hetero) is 1. The molecule has 2 aromatic rings. The Balaban J connectivity index is 1.98. The molecule has 1 amide bonds. The molecule has 0 bridgehead atoms. The molecule has 1 heterocycles. The van der Waals surface area contributed by atoms with Gasteiger partial charge in [-0.05, 0) is 24.5 Å². The van der Waals surface area contributed by atoms with Gasteiger partial charge in [-0.25, -0.2) is 4.68 Å². The standard InChI is InChI=1S/C16H19N3O3/c1-12(7-8-20)9-17-16(22)15(21)13-10-18-19(11-13)14-5-3-2-4-6-14/h2-6,10-12,20H,7-9H2,1H3,(H,17,22). The SMILES string of the molecule is CC(CCO)CNC(=O)C(=O)c1cnn(-c2ccccc2)c1. The molecule has 6 nitrogen and oxygen atoms in total. The van der Waals surface area contributed by atoms with Crippen molar-refractivity contribution in [2.75, 3.05) is 13.2 Å². The van der Waals surface area contributed by atoms with Crippen LogP contribution in [0.5, 0.6) is 0 Å². The Labute approximate surface area is 128 Å². The fraction of sp³-hybridized carbons (Fsp3) is 0.312. The Hall–Kier alpha value is -2.47. The zero-order valence-corrected chi connectivity index (χ0v) is 12.4. The molecular weight excluding hydrogens is 282 g/mol. The van der Waals surface area contributed by atoms with Gasteiger partial charge in [0.2, 0.25) is 0 Å². The lowest BCUT2D eigenvalue weighted by Crippen LogP contribution is -2.34. The van der Waals surface area contributed by atoms with Crippen LogP contribution in [0, 0.1) is 5.92 Å². The number of rotatable bonds is 7. The molecule has 1 aromatic carbocycles. The predicted molar refractivity (Wildman–Crippen MR) is 81.8 cm³/mol. The molecule has 0 spiro atoms. The minimum Gasteiger partial charge on any atom is -0.396 e. The quantitative estimate of drug-likeness (QED) is 0.594. The molecule has 0 saturated heterocycles. The van der Waals surface area contributed by atoms with Crippen molar-refractivity contribution in [1.82, 2.24) is 15.1 Å². The number of aromatic nitrogens is 2. The van der Waals surface area contributed by atoms with E-state index in [1.165, 1.54) is 12.4 Å². The zero-order valence-electron chi connectivity index (χ0n) is 12.4. The van der Waals surface area contributed by atoms with Crippen LogP contribution in [0.2, 0.25) is 0 Å². The van der Waals surface area contributed by atoms with Gasteiger partial charge in [0.1, 0.15) is 0 Å². The maximum Gasteiger partial charge on any atom is 0.292 e. The fourth-order valence-electron chi connectivity index (χ4n) is 1.96. The van der Waals surface area contributed by atoms with Gasteiger partial charge >= 0.3 is 0 Å². The third-order valence-corrected chi connectivity index (χ3v) is 3.30. The summed E-state index contributed by atoms with van der Waals surface area (Å²) in [5.74, 6) is -1.15. The molecule has 0 saturated carbocycles. The first kappa shape index (κ1) is 15.9. The molecule has 1 atom stereocenters. The van der Waals surface area contributed by atoms with Crippen molar-refractivity contribution in [2.45, 2.75) is 13.3 Å². The highest BCUT2D eigenvalue weighted by Gasteiger charge is 2.18. The second kappa shape index (κ2) is 7.51. The Morgan fingerprint density at radius 2 is 2.05 bits per heavy atom. The molecule has 2 rings (SSSR count). The van der Waals surface area contributed by atoms with Crippen LogP contribution < -0.4 is 5.32 Å². The normalized spacial score (nSPS) is 11.9. The van der Waals surface area contributed by atoms with Crippen LogP contribution in [0.15, 0.2) is 42.7 Å². The van der Waals surface area contributed by atoms with Gasteiger partial charge in [0.15, 0.2) is 0 Å². The highest BCUT2D eigenvalue weighted by atomic mass is 16.3. The van der Waals surface area contributed by atoms with E-state index in [0.717, 1.165) is 5.69 Å². The first-order chi connectivity index (χ1) is 10.6. The molecular formula is C16H19N3O3. The second-order valence-corrected chi connectivity index (χ2v) is 5.17. The molecule has 6 heteroatoms. The summed E-state index contributed by atoms with van der Waals surface area (Å²) in [6.45, 7) is 2.32. The summed E-state index contributed by atoms with van der Waals surface area (Å²) in [5.41, 5.74) is 1.06. The summed E-state index contributed by atoms with van der Waals surface area (Å²) in [6.07, 6.45) is 3.50. The summed E-state index contributed by atoms with van der Waals surface area (Å²) in [5, 5.41) is 15.5. The Bertz CT molecular complexity index is 637. The number of nitrogens with zero attached hydrogens (tertiary/aromatic N) is 2. The largest absolute Gasteiger partial charge is 0.396 e. The van der Waals surface area contributed by atoms with Gasteiger partial charge in [-0.15, -0.1) is 0 Å². The Morgan fingerprint density at radius 1 is 1.32 bits per heavy atom. The van der Waals surface area contributed by atoms with E-state index in [1.54, 1.807) is 4.68 Å². The molecule has 0 aliphatic rings. The highest BCUT2D eigenvalue weighted by Crippen LogP contribution is 2.08. The minimum atomic E-state index is -0.655. The molecule has 116 valence electrons. The van der Waals surface area contributed by atoms with E-state index >= 15 is 0 Å². The number of benzene rings is 1. The zero-order chi connectivity index (χ0) is 15.9. The van der Waals surface area contributed by atoms with Crippen molar-refractivity contribution >= 4 is 11.7 Å². The van der Waals surface area contributed by atoms with Crippen LogP contribution in [-0.2, 0) is 4.79 Å². The summed E-state index contributed by atoms with van der Waals surface area (Å²) in [7, 11) is 0. The summed E-state index contributed by atoms with van der Waals surface area (Å²) >= 11 is 0. The first-order valence-electron chi connectivity index (χ1n) is 7.15. The van der Waals surface area contributed by atoms with Crippen molar-refractivity contribution in [2.24, 2.45) is 5.92 Å².